The van der Waals surface area contributed by atoms with Crippen LogP contribution in [-0.4, -0.2) is 36.3 Å². The van der Waals surface area contributed by atoms with Crippen LogP contribution in [0.3, 0.4) is 0 Å². The monoisotopic (exact) mass is 769 g/mol. The first kappa shape index (κ1) is 41.3. The molecule has 2 heterocycles. The lowest BCUT2D eigenvalue weighted by atomic mass is 9.98. The van der Waals surface area contributed by atoms with E-state index in [1.807, 2.05) is 24.5 Å². The van der Waals surface area contributed by atoms with E-state index >= 15 is 0 Å². The van der Waals surface area contributed by atoms with Crippen LogP contribution in [0.2, 0.25) is 0 Å². The van der Waals surface area contributed by atoms with E-state index < -0.39 is 8.25 Å². The first-order valence-corrected chi connectivity index (χ1v) is 21.8. The zero-order valence-corrected chi connectivity index (χ0v) is 33.7. The predicted octanol–water partition coefficient (Wildman–Crippen LogP) is 11.0. The van der Waals surface area contributed by atoms with Crippen molar-refractivity contribution in [3.8, 4) is 0 Å². The molecule has 7 nitrogen and oxygen atoms in total. The summed E-state index contributed by atoms with van der Waals surface area (Å²) >= 11 is 0. The van der Waals surface area contributed by atoms with Gasteiger partial charge in [0.1, 0.15) is 13.2 Å². The SMILES string of the molecule is O=[P+](OCCCNCc1ccc(CCCCCc2ccccc2)c2cccnc12)OCCCNCc1ccc(CCCCCc2ccccc2)c2cccnc12. The highest BCUT2D eigenvalue weighted by atomic mass is 31.1. The van der Waals surface area contributed by atoms with E-state index in [1.165, 1.54) is 82.7 Å². The molecule has 2 aromatic heterocycles. The van der Waals surface area contributed by atoms with Crippen LogP contribution in [0.1, 0.15) is 84.7 Å². The van der Waals surface area contributed by atoms with Gasteiger partial charge in [-0.2, -0.15) is 0 Å². The third-order valence-electron chi connectivity index (χ3n) is 10.4. The van der Waals surface area contributed by atoms with Gasteiger partial charge in [-0.1, -0.05) is 110 Å². The van der Waals surface area contributed by atoms with Gasteiger partial charge in [0.05, 0.1) is 11.0 Å². The zero-order valence-electron chi connectivity index (χ0n) is 32.8. The standard InChI is InChI=1S/C48H58N4O3P/c53-56(54-35-15-31-49-37-43-29-27-41(45-25-13-33-51-47(43)45)23-11-3-9-21-39-17-5-1-6-18-39)55-36-16-32-50-38-44-30-28-42(46-26-14-34-52-48(44)46)24-12-4-10-22-40-19-7-2-8-20-40/h1-2,5-8,13-14,17-20,25-30,33-34,49-50H,3-4,9-12,15-16,21-24,31-32,35-38H2/q+1. The third-order valence-corrected chi connectivity index (χ3v) is 11.2. The van der Waals surface area contributed by atoms with Crippen molar-refractivity contribution < 1.29 is 13.6 Å². The number of pyridine rings is 2. The van der Waals surface area contributed by atoms with Crippen molar-refractivity contribution in [1.29, 1.82) is 0 Å². The molecule has 4 aromatic carbocycles. The highest BCUT2D eigenvalue weighted by Gasteiger charge is 2.19. The van der Waals surface area contributed by atoms with E-state index in [-0.39, 0.29) is 0 Å². The Hall–Kier alpha value is -4.36. The third kappa shape index (κ3) is 13.4. The lowest BCUT2D eigenvalue weighted by molar-refractivity contribution is 0.220. The molecule has 0 saturated carbocycles. The number of nitrogens with one attached hydrogen (secondary N) is 2. The molecule has 0 saturated heterocycles. The molecule has 0 fully saturated rings. The van der Waals surface area contributed by atoms with Crippen LogP contribution < -0.4 is 10.6 Å². The number of aromatic nitrogens is 2. The van der Waals surface area contributed by atoms with Gasteiger partial charge in [-0.25, -0.2) is 0 Å². The molecule has 292 valence electrons. The Kier molecular flexibility index (Phi) is 17.4. The average molecular weight is 770 g/mol. The van der Waals surface area contributed by atoms with Gasteiger partial charge in [-0.05, 0) is 123 Å². The number of hydrogen-bond acceptors (Lipinski definition) is 7. The maximum Gasteiger partial charge on any atom is 0.697 e. The van der Waals surface area contributed by atoms with Crippen molar-refractivity contribution in [1.82, 2.24) is 20.6 Å². The topological polar surface area (TPSA) is 85.4 Å². The summed E-state index contributed by atoms with van der Waals surface area (Å²) in [4.78, 5) is 9.47. The molecule has 56 heavy (non-hydrogen) atoms. The molecule has 0 atom stereocenters. The fourth-order valence-corrected chi connectivity index (χ4v) is 8.02. The van der Waals surface area contributed by atoms with Gasteiger partial charge in [-0.15, -0.1) is 9.05 Å². The van der Waals surface area contributed by atoms with Crippen molar-refractivity contribution in [2.75, 3.05) is 26.3 Å². The Morgan fingerprint density at radius 2 is 0.875 bits per heavy atom. The fourth-order valence-electron chi connectivity index (χ4n) is 7.39. The molecule has 6 rings (SSSR count). The quantitative estimate of drug-likeness (QED) is 0.0420. The number of aryl methyl sites for hydroxylation is 4. The number of hydrogen-bond donors (Lipinski definition) is 2. The van der Waals surface area contributed by atoms with Gasteiger partial charge < -0.3 is 10.6 Å². The van der Waals surface area contributed by atoms with Crippen molar-refractivity contribution in [3.63, 3.8) is 0 Å². The molecular formula is C48H58N4O3P+. The highest BCUT2D eigenvalue weighted by Crippen LogP contribution is 2.26. The largest absolute Gasteiger partial charge is 0.697 e. The second kappa shape index (κ2) is 23.6. The van der Waals surface area contributed by atoms with Gasteiger partial charge in [0.15, 0.2) is 0 Å². The Balaban J connectivity index is 0.809. The molecule has 0 aliphatic carbocycles. The van der Waals surface area contributed by atoms with Crippen molar-refractivity contribution in [2.24, 2.45) is 0 Å². The smallest absolute Gasteiger partial charge is 0.313 e. The second-order valence-corrected chi connectivity index (χ2v) is 15.6. The number of rotatable bonds is 26. The minimum atomic E-state index is -2.13. The summed E-state index contributed by atoms with van der Waals surface area (Å²) in [6.07, 6.45) is 16.9. The van der Waals surface area contributed by atoms with Crippen LogP contribution in [0.4, 0.5) is 0 Å². The minimum Gasteiger partial charge on any atom is -0.313 e. The maximum absolute atomic E-state index is 12.3. The van der Waals surface area contributed by atoms with Crippen molar-refractivity contribution in [2.45, 2.75) is 90.1 Å². The van der Waals surface area contributed by atoms with E-state index in [1.54, 1.807) is 0 Å². The molecule has 8 heteroatoms. The van der Waals surface area contributed by atoms with Crippen LogP contribution in [0.15, 0.2) is 122 Å². The molecule has 0 radical (unpaired) electrons. The van der Waals surface area contributed by atoms with Gasteiger partial charge >= 0.3 is 8.25 Å². The van der Waals surface area contributed by atoms with Gasteiger partial charge in [0.2, 0.25) is 0 Å². The van der Waals surface area contributed by atoms with Crippen LogP contribution in [0.25, 0.3) is 21.8 Å². The molecule has 0 aliphatic rings. The zero-order chi connectivity index (χ0) is 38.5. The molecule has 0 spiro atoms. The maximum atomic E-state index is 12.3. The molecular weight excluding hydrogens is 712 g/mol. The summed E-state index contributed by atoms with van der Waals surface area (Å²) in [7, 11) is -2.13. The molecule has 6 aromatic rings. The van der Waals surface area contributed by atoms with E-state index in [4.69, 9.17) is 19.0 Å². The average Bonchev–Trinajstić information content (AvgIpc) is 3.24. The molecule has 0 amide bonds. The minimum absolute atomic E-state index is 0.381. The van der Waals surface area contributed by atoms with Gasteiger partial charge in [-0.3, -0.25) is 9.97 Å². The lowest BCUT2D eigenvalue weighted by Crippen LogP contribution is -2.17. The van der Waals surface area contributed by atoms with E-state index in [9.17, 15) is 4.57 Å². The van der Waals surface area contributed by atoms with Crippen molar-refractivity contribution in [3.05, 3.63) is 155 Å². The fraction of sp³-hybridized carbons (Fsp3) is 0.375. The summed E-state index contributed by atoms with van der Waals surface area (Å²) in [5.74, 6) is 0. The van der Waals surface area contributed by atoms with Gasteiger partial charge in [0, 0.05) is 40.8 Å². The lowest BCUT2D eigenvalue weighted by Gasteiger charge is -2.11. The summed E-state index contributed by atoms with van der Waals surface area (Å²) in [5, 5.41) is 9.51. The van der Waals surface area contributed by atoms with Crippen LogP contribution >= 0.6 is 8.25 Å². The highest BCUT2D eigenvalue weighted by molar-refractivity contribution is 7.33. The number of benzene rings is 4. The summed E-state index contributed by atoms with van der Waals surface area (Å²) in [6.45, 7) is 3.73. The Bertz CT molecular complexity index is 1910. The summed E-state index contributed by atoms with van der Waals surface area (Å²) in [5.41, 5.74) is 10.1. The van der Waals surface area contributed by atoms with Crippen LogP contribution in [-0.2, 0) is 52.4 Å². The van der Waals surface area contributed by atoms with Crippen LogP contribution in [0, 0.1) is 0 Å². The number of nitrogens with zero attached hydrogens (tertiary/aromatic N) is 2. The molecule has 0 bridgehead atoms. The predicted molar refractivity (Wildman–Crippen MR) is 231 cm³/mol. The Morgan fingerprint density at radius 1 is 0.446 bits per heavy atom. The van der Waals surface area contributed by atoms with Crippen LogP contribution in [0.5, 0.6) is 0 Å². The molecule has 2 N–H and O–H groups in total. The van der Waals surface area contributed by atoms with E-state index in [0.717, 1.165) is 75.7 Å². The summed E-state index contributed by atoms with van der Waals surface area (Å²) < 4.78 is 23.2. The van der Waals surface area contributed by atoms with E-state index in [2.05, 4.69) is 108 Å². The number of fused-ring (bicyclic) bond motifs is 2. The Morgan fingerprint density at radius 3 is 1.34 bits per heavy atom. The normalized spacial score (nSPS) is 11.4. The van der Waals surface area contributed by atoms with E-state index in [0.29, 0.717) is 13.2 Å². The van der Waals surface area contributed by atoms with Crippen molar-refractivity contribution >= 4 is 30.1 Å². The molecule has 0 aliphatic heterocycles. The second-order valence-electron chi connectivity index (χ2n) is 14.6. The first-order valence-electron chi connectivity index (χ1n) is 20.7. The summed E-state index contributed by atoms with van der Waals surface area (Å²) in [6, 6.07) is 38.9. The Labute approximate surface area is 334 Å². The number of unbranched alkanes of at least 4 members (excludes halogenated alkanes) is 4. The van der Waals surface area contributed by atoms with Gasteiger partial charge in [0.25, 0.3) is 0 Å². The molecule has 0 unspecified atom stereocenters. The first-order chi connectivity index (χ1) is 27.7.